The summed E-state index contributed by atoms with van der Waals surface area (Å²) in [6.07, 6.45) is 0.943. The van der Waals surface area contributed by atoms with Crippen molar-refractivity contribution in [1.29, 1.82) is 0 Å². The first-order valence-corrected chi connectivity index (χ1v) is 10.9. The molecule has 1 amide bonds. The molecule has 4 rings (SSSR count). The number of hydrogen-bond donors (Lipinski definition) is 0. The molecule has 152 valence electrons. The molecule has 29 heavy (non-hydrogen) atoms. The lowest BCUT2D eigenvalue weighted by atomic mass is 10.1. The molecule has 0 unspecified atom stereocenters. The maximum Gasteiger partial charge on any atom is 0.219 e. The van der Waals surface area contributed by atoms with E-state index in [0.29, 0.717) is 6.54 Å². The van der Waals surface area contributed by atoms with E-state index in [2.05, 4.69) is 39.4 Å². The molecule has 0 N–H and O–H groups in total. The Morgan fingerprint density at radius 2 is 1.90 bits per heavy atom. The number of amides is 1. The second-order valence-electron chi connectivity index (χ2n) is 7.74. The first-order valence-electron chi connectivity index (χ1n) is 10.0. The first kappa shape index (κ1) is 19.8. The van der Waals surface area contributed by atoms with Crippen LogP contribution in [0.4, 0.5) is 5.82 Å². The largest absolute Gasteiger partial charge is 0.354 e. The lowest BCUT2D eigenvalue weighted by molar-refractivity contribution is -0.128. The number of nitrogens with zero attached hydrogens (tertiary/aromatic N) is 5. The van der Waals surface area contributed by atoms with Gasteiger partial charge in [-0.15, -0.1) is 11.3 Å². The Balaban J connectivity index is 1.81. The summed E-state index contributed by atoms with van der Waals surface area (Å²) in [5, 5.41) is 3.32. The zero-order chi connectivity index (χ0) is 20.4. The third-order valence-corrected chi connectivity index (χ3v) is 6.12. The predicted molar refractivity (Wildman–Crippen MR) is 119 cm³/mol. The number of anilines is 1. The maximum absolute atomic E-state index is 11.9. The molecule has 1 saturated heterocycles. The van der Waals surface area contributed by atoms with Crippen molar-refractivity contribution in [2.24, 2.45) is 0 Å². The van der Waals surface area contributed by atoms with Gasteiger partial charge in [0.15, 0.2) is 0 Å². The van der Waals surface area contributed by atoms with E-state index in [9.17, 15) is 4.79 Å². The van der Waals surface area contributed by atoms with Crippen LogP contribution in [0.25, 0.3) is 21.3 Å². The normalized spacial score (nSPS) is 15.2. The van der Waals surface area contributed by atoms with E-state index in [1.54, 1.807) is 18.3 Å². The molecule has 3 aromatic rings. The third kappa shape index (κ3) is 4.26. The van der Waals surface area contributed by atoms with E-state index in [-0.39, 0.29) is 5.91 Å². The van der Waals surface area contributed by atoms with E-state index >= 15 is 0 Å². The van der Waals surface area contributed by atoms with E-state index < -0.39 is 0 Å². The second kappa shape index (κ2) is 8.47. The van der Waals surface area contributed by atoms with Crippen LogP contribution in [0.2, 0.25) is 0 Å². The summed E-state index contributed by atoms with van der Waals surface area (Å²) in [5.74, 6) is 1.98. The fourth-order valence-electron chi connectivity index (χ4n) is 3.82. The van der Waals surface area contributed by atoms with Crippen molar-refractivity contribution >= 4 is 33.3 Å². The van der Waals surface area contributed by atoms with Crippen molar-refractivity contribution in [3.63, 3.8) is 0 Å². The summed E-state index contributed by atoms with van der Waals surface area (Å²) in [7, 11) is 4.07. The van der Waals surface area contributed by atoms with Crippen LogP contribution in [-0.2, 0) is 11.3 Å². The minimum Gasteiger partial charge on any atom is -0.354 e. The summed E-state index contributed by atoms with van der Waals surface area (Å²) in [6.45, 7) is 5.57. The van der Waals surface area contributed by atoms with Crippen molar-refractivity contribution in [3.05, 3.63) is 41.5 Å². The number of rotatable bonds is 4. The van der Waals surface area contributed by atoms with E-state index in [1.807, 2.05) is 25.1 Å². The van der Waals surface area contributed by atoms with Crippen LogP contribution in [0.15, 0.2) is 35.7 Å². The van der Waals surface area contributed by atoms with Crippen molar-refractivity contribution in [2.75, 3.05) is 45.2 Å². The Labute approximate surface area is 175 Å². The van der Waals surface area contributed by atoms with Gasteiger partial charge in [-0.3, -0.25) is 4.79 Å². The highest BCUT2D eigenvalue weighted by Crippen LogP contribution is 2.38. The highest BCUT2D eigenvalue weighted by atomic mass is 32.1. The summed E-state index contributed by atoms with van der Waals surface area (Å²) < 4.78 is 0. The van der Waals surface area contributed by atoms with Crippen molar-refractivity contribution < 1.29 is 4.79 Å². The summed E-state index contributed by atoms with van der Waals surface area (Å²) in [5.41, 5.74) is 2.37. The number of carbonyl (C=O) groups excluding carboxylic acids is 1. The van der Waals surface area contributed by atoms with Crippen LogP contribution in [0.5, 0.6) is 0 Å². The molecule has 0 atom stereocenters. The topological polar surface area (TPSA) is 52.6 Å². The average Bonchev–Trinajstić information content (AvgIpc) is 2.96. The van der Waals surface area contributed by atoms with Gasteiger partial charge in [-0.05, 0) is 26.1 Å². The van der Waals surface area contributed by atoms with Gasteiger partial charge in [0.2, 0.25) is 5.91 Å². The number of carbonyl (C=O) groups is 1. The molecule has 1 aliphatic heterocycles. The van der Waals surface area contributed by atoms with E-state index in [4.69, 9.17) is 9.97 Å². The lowest BCUT2D eigenvalue weighted by Gasteiger charge is -2.24. The quantitative estimate of drug-likeness (QED) is 0.660. The molecule has 2 aromatic heterocycles. The number of benzene rings is 1. The number of aromatic nitrogens is 2. The molecular formula is C22H27N5OS. The Morgan fingerprint density at radius 3 is 2.62 bits per heavy atom. The summed E-state index contributed by atoms with van der Waals surface area (Å²) in [6, 6.07) is 10.4. The molecule has 0 aliphatic carbocycles. The van der Waals surface area contributed by atoms with Gasteiger partial charge >= 0.3 is 0 Å². The van der Waals surface area contributed by atoms with Gasteiger partial charge in [-0.2, -0.15) is 0 Å². The van der Waals surface area contributed by atoms with Crippen LogP contribution in [0, 0.1) is 0 Å². The summed E-state index contributed by atoms with van der Waals surface area (Å²) >= 11 is 1.68. The van der Waals surface area contributed by atoms with Crippen molar-refractivity contribution in [2.45, 2.75) is 19.9 Å². The maximum atomic E-state index is 11.9. The zero-order valence-corrected chi connectivity index (χ0v) is 18.1. The van der Waals surface area contributed by atoms with Gasteiger partial charge < -0.3 is 14.7 Å². The minimum atomic E-state index is 0.147. The standard InChI is InChI=1S/C22H27N5OS/c1-16(28)26-10-7-11-27(13-12-26)21-20-18(17-8-5-4-6-9-17)15-29-22(20)24-19(23-21)14-25(2)3/h4-6,8-9,15H,7,10-14H2,1-3H3. The fourth-order valence-corrected chi connectivity index (χ4v) is 4.78. The third-order valence-electron chi connectivity index (χ3n) is 5.24. The van der Waals surface area contributed by atoms with Crippen molar-refractivity contribution in [1.82, 2.24) is 19.8 Å². The van der Waals surface area contributed by atoms with Gasteiger partial charge in [0.05, 0.1) is 11.9 Å². The van der Waals surface area contributed by atoms with Crippen molar-refractivity contribution in [3.8, 4) is 11.1 Å². The predicted octanol–water partition coefficient (Wildman–Crippen LogP) is 3.48. The van der Waals surface area contributed by atoms with Crippen LogP contribution >= 0.6 is 11.3 Å². The molecule has 0 bridgehead atoms. The van der Waals surface area contributed by atoms with Gasteiger partial charge in [0, 0.05) is 44.0 Å². The van der Waals surface area contributed by atoms with Gasteiger partial charge in [0.25, 0.3) is 0 Å². The van der Waals surface area contributed by atoms with Gasteiger partial charge in [0.1, 0.15) is 16.5 Å². The van der Waals surface area contributed by atoms with E-state index in [1.165, 1.54) is 11.1 Å². The molecule has 6 nitrogen and oxygen atoms in total. The Kier molecular flexibility index (Phi) is 5.78. The molecule has 1 fully saturated rings. The van der Waals surface area contributed by atoms with E-state index in [0.717, 1.165) is 54.5 Å². The average molecular weight is 410 g/mol. The second-order valence-corrected chi connectivity index (χ2v) is 8.60. The van der Waals surface area contributed by atoms with Gasteiger partial charge in [-0.1, -0.05) is 30.3 Å². The Bertz CT molecular complexity index is 1000. The molecule has 7 heteroatoms. The smallest absolute Gasteiger partial charge is 0.219 e. The number of thiophene rings is 1. The van der Waals surface area contributed by atoms with Crippen LogP contribution in [0.3, 0.4) is 0 Å². The SMILES string of the molecule is CC(=O)N1CCCN(c2nc(CN(C)C)nc3scc(-c4ccccc4)c23)CC1. The minimum absolute atomic E-state index is 0.147. The van der Waals surface area contributed by atoms with Gasteiger partial charge in [-0.25, -0.2) is 9.97 Å². The molecule has 1 aliphatic rings. The summed E-state index contributed by atoms with van der Waals surface area (Å²) in [4.78, 5) is 29.1. The highest BCUT2D eigenvalue weighted by Gasteiger charge is 2.23. The van der Waals surface area contributed by atoms with Crippen LogP contribution in [-0.4, -0.2) is 65.9 Å². The molecule has 0 radical (unpaired) electrons. The fraction of sp³-hybridized carbons (Fsp3) is 0.409. The lowest BCUT2D eigenvalue weighted by Crippen LogP contribution is -2.34. The molecule has 0 spiro atoms. The highest BCUT2D eigenvalue weighted by molar-refractivity contribution is 7.17. The Hall–Kier alpha value is -2.51. The monoisotopic (exact) mass is 409 g/mol. The molecule has 0 saturated carbocycles. The molecule has 3 heterocycles. The first-order chi connectivity index (χ1) is 14.0. The van der Waals surface area contributed by atoms with Crippen LogP contribution < -0.4 is 4.90 Å². The zero-order valence-electron chi connectivity index (χ0n) is 17.3. The van der Waals surface area contributed by atoms with Crippen LogP contribution in [0.1, 0.15) is 19.2 Å². The molecular weight excluding hydrogens is 382 g/mol. The number of fused-ring (bicyclic) bond motifs is 1. The number of hydrogen-bond acceptors (Lipinski definition) is 6. The Morgan fingerprint density at radius 1 is 1.10 bits per heavy atom. The molecule has 1 aromatic carbocycles.